The van der Waals surface area contributed by atoms with E-state index >= 15 is 0 Å². The first-order chi connectivity index (χ1) is 9.10. The van der Waals surface area contributed by atoms with Crippen LogP contribution in [0, 0.1) is 12.8 Å². The summed E-state index contributed by atoms with van der Waals surface area (Å²) in [6.45, 7) is 9.50. The molecule has 19 heavy (non-hydrogen) atoms. The lowest BCUT2D eigenvalue weighted by Gasteiger charge is -2.26. The molecule has 0 saturated carbocycles. The Morgan fingerprint density at radius 2 is 1.89 bits per heavy atom. The van der Waals surface area contributed by atoms with Crippen LogP contribution in [0.5, 0.6) is 0 Å². The number of hydrogen-bond acceptors (Lipinski definition) is 2. The minimum Gasteiger partial charge on any atom is -0.372 e. The summed E-state index contributed by atoms with van der Waals surface area (Å²) < 4.78 is 6.15. The lowest BCUT2D eigenvalue weighted by atomic mass is 9.96. The third kappa shape index (κ3) is 4.96. The van der Waals surface area contributed by atoms with E-state index in [2.05, 4.69) is 52.0 Å². The Kier molecular flexibility index (Phi) is 7.11. The summed E-state index contributed by atoms with van der Waals surface area (Å²) in [5, 5.41) is 0. The molecule has 2 nitrogen and oxygen atoms in total. The topological polar surface area (TPSA) is 35.2 Å². The van der Waals surface area contributed by atoms with Crippen LogP contribution in [0.1, 0.15) is 57.3 Å². The van der Waals surface area contributed by atoms with Gasteiger partial charge < -0.3 is 10.5 Å². The van der Waals surface area contributed by atoms with Crippen molar-refractivity contribution in [3.05, 3.63) is 35.4 Å². The quantitative estimate of drug-likeness (QED) is 0.762. The summed E-state index contributed by atoms with van der Waals surface area (Å²) >= 11 is 0. The largest absolute Gasteiger partial charge is 0.372 e. The van der Waals surface area contributed by atoms with Gasteiger partial charge in [0.2, 0.25) is 0 Å². The van der Waals surface area contributed by atoms with E-state index < -0.39 is 0 Å². The predicted molar refractivity (Wildman–Crippen MR) is 82.2 cm³/mol. The zero-order chi connectivity index (χ0) is 14.3. The molecule has 2 N–H and O–H groups in total. The molecule has 0 radical (unpaired) electrons. The first-order valence-corrected chi connectivity index (χ1v) is 7.52. The summed E-state index contributed by atoms with van der Waals surface area (Å²) in [7, 11) is 0. The first-order valence-electron chi connectivity index (χ1n) is 7.52. The van der Waals surface area contributed by atoms with Crippen LogP contribution in [-0.2, 0) is 4.74 Å². The number of rotatable bonds is 8. The number of nitrogens with two attached hydrogens (primary N) is 1. The maximum atomic E-state index is 6.25. The van der Waals surface area contributed by atoms with Crippen molar-refractivity contribution in [3.8, 4) is 0 Å². The van der Waals surface area contributed by atoms with Crippen LogP contribution < -0.4 is 5.73 Å². The van der Waals surface area contributed by atoms with Gasteiger partial charge in [0, 0.05) is 6.04 Å². The predicted octanol–water partition coefficient (Wildman–Crippen LogP) is 4.23. The van der Waals surface area contributed by atoms with E-state index in [1.807, 2.05) is 0 Å². The molecule has 1 aromatic rings. The van der Waals surface area contributed by atoms with Gasteiger partial charge in [0.05, 0.1) is 12.7 Å². The molecule has 0 aliphatic rings. The Morgan fingerprint density at radius 1 is 1.21 bits per heavy atom. The van der Waals surface area contributed by atoms with Crippen LogP contribution in [0.4, 0.5) is 0 Å². The smallest absolute Gasteiger partial charge is 0.0978 e. The number of benzene rings is 1. The Bertz CT molecular complexity index is 364. The number of ether oxygens (including phenoxy) is 1. The van der Waals surface area contributed by atoms with Gasteiger partial charge in [-0.3, -0.25) is 0 Å². The van der Waals surface area contributed by atoms with Gasteiger partial charge in [0.25, 0.3) is 0 Å². The van der Waals surface area contributed by atoms with E-state index in [1.165, 1.54) is 24.0 Å². The van der Waals surface area contributed by atoms with Crippen LogP contribution in [0.15, 0.2) is 24.3 Å². The normalized spacial score (nSPS) is 16.1. The Labute approximate surface area is 118 Å². The minimum atomic E-state index is 0.0190. The summed E-state index contributed by atoms with van der Waals surface area (Å²) in [5.74, 6) is 0.598. The maximum Gasteiger partial charge on any atom is 0.0978 e. The van der Waals surface area contributed by atoms with Crippen molar-refractivity contribution >= 4 is 0 Å². The molecule has 0 saturated heterocycles. The zero-order valence-corrected chi connectivity index (χ0v) is 12.9. The average molecular weight is 263 g/mol. The molecular formula is C17H29NO. The van der Waals surface area contributed by atoms with Crippen LogP contribution in [0.3, 0.4) is 0 Å². The van der Waals surface area contributed by atoms with E-state index in [0.29, 0.717) is 5.92 Å². The highest BCUT2D eigenvalue weighted by Crippen LogP contribution is 2.26. The standard InChI is InChI=1S/C17H29NO/c1-5-9-13(3)12-19-17(16(18)6-2)15-11-8-7-10-14(15)4/h7-8,10-11,13,16-17H,5-6,9,12,18H2,1-4H3. The molecule has 0 spiro atoms. The second-order valence-electron chi connectivity index (χ2n) is 5.58. The summed E-state index contributed by atoms with van der Waals surface area (Å²) in [6.07, 6.45) is 3.37. The van der Waals surface area contributed by atoms with Crippen molar-refractivity contribution in [1.82, 2.24) is 0 Å². The monoisotopic (exact) mass is 263 g/mol. The second-order valence-corrected chi connectivity index (χ2v) is 5.58. The third-order valence-electron chi connectivity index (χ3n) is 3.70. The van der Waals surface area contributed by atoms with Gasteiger partial charge in [0.15, 0.2) is 0 Å². The van der Waals surface area contributed by atoms with Crippen LogP contribution in [-0.4, -0.2) is 12.6 Å². The van der Waals surface area contributed by atoms with Gasteiger partial charge >= 0.3 is 0 Å². The SMILES string of the molecule is CCCC(C)COC(c1ccccc1C)C(N)CC. The van der Waals surface area contributed by atoms with Crippen molar-refractivity contribution in [2.24, 2.45) is 11.7 Å². The maximum absolute atomic E-state index is 6.25. The second kappa shape index (κ2) is 8.34. The van der Waals surface area contributed by atoms with Gasteiger partial charge in [-0.25, -0.2) is 0 Å². The molecule has 3 atom stereocenters. The lowest BCUT2D eigenvalue weighted by molar-refractivity contribution is 0.0128. The Hall–Kier alpha value is -0.860. The van der Waals surface area contributed by atoms with E-state index in [-0.39, 0.29) is 12.1 Å². The molecular weight excluding hydrogens is 234 g/mol. The fourth-order valence-corrected chi connectivity index (χ4v) is 2.41. The van der Waals surface area contributed by atoms with Crippen LogP contribution >= 0.6 is 0 Å². The first kappa shape index (κ1) is 16.2. The molecule has 0 aromatic heterocycles. The van der Waals surface area contributed by atoms with Crippen molar-refractivity contribution in [2.75, 3.05) is 6.61 Å². The molecule has 0 aliphatic carbocycles. The fraction of sp³-hybridized carbons (Fsp3) is 0.647. The molecule has 108 valence electrons. The molecule has 2 heteroatoms. The van der Waals surface area contributed by atoms with Gasteiger partial charge in [-0.05, 0) is 36.8 Å². The summed E-state index contributed by atoms with van der Waals surface area (Å²) in [5.41, 5.74) is 8.75. The van der Waals surface area contributed by atoms with E-state index in [4.69, 9.17) is 10.5 Å². The third-order valence-corrected chi connectivity index (χ3v) is 3.70. The minimum absolute atomic E-state index is 0.0190. The molecule has 1 aromatic carbocycles. The number of aryl methyl sites for hydroxylation is 1. The van der Waals surface area contributed by atoms with Gasteiger partial charge in [-0.2, -0.15) is 0 Å². The van der Waals surface area contributed by atoms with E-state index in [9.17, 15) is 0 Å². The van der Waals surface area contributed by atoms with Gasteiger partial charge in [-0.1, -0.05) is 51.5 Å². The molecule has 3 unspecified atom stereocenters. The Morgan fingerprint density at radius 3 is 2.47 bits per heavy atom. The molecule has 0 heterocycles. The molecule has 0 fully saturated rings. The molecule has 0 aliphatic heterocycles. The van der Waals surface area contributed by atoms with Crippen molar-refractivity contribution in [2.45, 2.75) is 59.1 Å². The van der Waals surface area contributed by atoms with Gasteiger partial charge in [-0.15, -0.1) is 0 Å². The van der Waals surface area contributed by atoms with Crippen molar-refractivity contribution < 1.29 is 4.74 Å². The zero-order valence-electron chi connectivity index (χ0n) is 12.9. The Balaban J connectivity index is 2.76. The highest BCUT2D eigenvalue weighted by atomic mass is 16.5. The molecule has 0 bridgehead atoms. The number of hydrogen-bond donors (Lipinski definition) is 1. The summed E-state index contributed by atoms with van der Waals surface area (Å²) in [4.78, 5) is 0. The average Bonchev–Trinajstić information content (AvgIpc) is 2.40. The van der Waals surface area contributed by atoms with Crippen LogP contribution in [0.25, 0.3) is 0 Å². The van der Waals surface area contributed by atoms with Crippen molar-refractivity contribution in [1.29, 1.82) is 0 Å². The highest BCUT2D eigenvalue weighted by Gasteiger charge is 2.21. The summed E-state index contributed by atoms with van der Waals surface area (Å²) in [6, 6.07) is 8.46. The van der Waals surface area contributed by atoms with E-state index in [0.717, 1.165) is 13.0 Å². The highest BCUT2D eigenvalue weighted by molar-refractivity contribution is 5.28. The van der Waals surface area contributed by atoms with Crippen LogP contribution in [0.2, 0.25) is 0 Å². The molecule has 1 rings (SSSR count). The lowest BCUT2D eigenvalue weighted by Crippen LogP contribution is -2.31. The van der Waals surface area contributed by atoms with Gasteiger partial charge in [0.1, 0.15) is 0 Å². The van der Waals surface area contributed by atoms with Crippen molar-refractivity contribution in [3.63, 3.8) is 0 Å². The fourth-order valence-electron chi connectivity index (χ4n) is 2.41. The van der Waals surface area contributed by atoms with E-state index in [1.54, 1.807) is 0 Å². The molecule has 0 amide bonds.